The van der Waals surface area contributed by atoms with Crippen molar-refractivity contribution in [1.29, 1.82) is 0 Å². The van der Waals surface area contributed by atoms with Crippen LogP contribution >= 0.6 is 0 Å². The topological polar surface area (TPSA) is 0 Å². The van der Waals surface area contributed by atoms with E-state index in [9.17, 15) is 0 Å². The average molecular weight is 417 g/mol. The maximum atomic E-state index is 2.36. The first-order chi connectivity index (χ1) is 15.9. The van der Waals surface area contributed by atoms with E-state index in [1.54, 1.807) is 0 Å². The highest BCUT2D eigenvalue weighted by Crippen LogP contribution is 2.51. The van der Waals surface area contributed by atoms with Crippen LogP contribution in [0.4, 0.5) is 0 Å². The lowest BCUT2D eigenvalue weighted by Gasteiger charge is -2.48. The molecule has 0 atom stereocenters. The van der Waals surface area contributed by atoms with Crippen molar-refractivity contribution < 1.29 is 0 Å². The molecule has 0 bridgehead atoms. The summed E-state index contributed by atoms with van der Waals surface area (Å²) in [5, 5.41) is 0. The zero-order valence-corrected chi connectivity index (χ0v) is 18.5. The van der Waals surface area contributed by atoms with Gasteiger partial charge in [0.05, 0.1) is 0 Å². The van der Waals surface area contributed by atoms with Crippen molar-refractivity contribution in [2.24, 2.45) is 47.3 Å². The van der Waals surface area contributed by atoms with Crippen molar-refractivity contribution >= 4 is 0 Å². The summed E-state index contributed by atoms with van der Waals surface area (Å²) < 4.78 is 0. The van der Waals surface area contributed by atoms with Gasteiger partial charge in [-0.15, -0.1) is 0 Å². The van der Waals surface area contributed by atoms with E-state index in [1.165, 1.54) is 0 Å². The van der Waals surface area contributed by atoms with Crippen LogP contribution in [0.5, 0.6) is 0 Å². The van der Waals surface area contributed by atoms with Crippen LogP contribution in [0.3, 0.4) is 0 Å². The zero-order valence-electron chi connectivity index (χ0n) is 18.5. The molecule has 0 heteroatoms. The lowest BCUT2D eigenvalue weighted by molar-refractivity contribution is 0.124. The van der Waals surface area contributed by atoms with E-state index >= 15 is 0 Å². The van der Waals surface area contributed by atoms with Crippen LogP contribution in [0, 0.1) is 47.3 Å². The van der Waals surface area contributed by atoms with Gasteiger partial charge in [0.1, 0.15) is 0 Å². The van der Waals surface area contributed by atoms with Crippen LogP contribution < -0.4 is 0 Å². The Morgan fingerprint density at radius 3 is 0.406 bits per heavy atom. The normalized spacial score (nSPS) is 51.0. The third kappa shape index (κ3) is 4.28. The molecule has 0 nitrogen and oxygen atoms in total. The molecule has 0 spiro atoms. The van der Waals surface area contributed by atoms with Gasteiger partial charge >= 0.3 is 0 Å². The van der Waals surface area contributed by atoms with E-state index in [2.05, 4.69) is 146 Å². The maximum absolute atomic E-state index is 2.36. The van der Waals surface area contributed by atoms with E-state index in [0.29, 0.717) is 47.3 Å². The predicted octanol–water partition coefficient (Wildman–Crippen LogP) is 7.66. The summed E-state index contributed by atoms with van der Waals surface area (Å²) in [7, 11) is 0. The van der Waals surface area contributed by atoms with Gasteiger partial charge in [0, 0.05) is 0 Å². The number of allylic oxidation sites excluding steroid dienone is 24. The average Bonchev–Trinajstić information content (AvgIpc) is 2.73. The lowest BCUT2D eigenvalue weighted by Crippen LogP contribution is -2.43. The fraction of sp³-hybridized carbons (Fsp3) is 0.250. The summed E-state index contributed by atoms with van der Waals surface area (Å²) in [4.78, 5) is 0. The maximum Gasteiger partial charge on any atom is -0.00925 e. The Balaban J connectivity index is 0.000000135. The van der Waals surface area contributed by atoms with Crippen molar-refractivity contribution in [2.45, 2.75) is 0 Å². The van der Waals surface area contributed by atoms with Crippen LogP contribution in [0.25, 0.3) is 0 Å². The van der Waals surface area contributed by atoms with E-state index < -0.39 is 0 Å². The first-order valence-corrected chi connectivity index (χ1v) is 12.0. The Labute approximate surface area is 193 Å². The van der Waals surface area contributed by atoms with Crippen molar-refractivity contribution in [3.05, 3.63) is 146 Å². The van der Waals surface area contributed by atoms with Crippen molar-refractivity contribution in [3.63, 3.8) is 0 Å². The van der Waals surface area contributed by atoms with Crippen LogP contribution in [0.15, 0.2) is 146 Å². The van der Waals surface area contributed by atoms with E-state index in [4.69, 9.17) is 0 Å². The molecule has 32 heavy (non-hydrogen) atoms. The van der Waals surface area contributed by atoms with Crippen molar-refractivity contribution in [3.8, 4) is 0 Å². The van der Waals surface area contributed by atoms with Crippen LogP contribution in [-0.2, 0) is 0 Å². The Kier molecular flexibility index (Phi) is 6.49. The second-order valence-electron chi connectivity index (χ2n) is 9.24. The summed E-state index contributed by atoms with van der Waals surface area (Å²) in [6, 6.07) is 0. The molecule has 0 N–H and O–H groups in total. The standard InChI is InChI=1S/2C16H16/c2*1-2-6-10-14-13(9-5-1)15-11-7-3-4-8-12-16(14)15/h2*1-16H/b2*2-1-,4-3-,9-5-,10-6-,11-7-,12-8-. The Morgan fingerprint density at radius 1 is 0.156 bits per heavy atom. The zero-order chi connectivity index (χ0) is 21.6. The highest BCUT2D eigenvalue weighted by Gasteiger charge is 2.45. The van der Waals surface area contributed by atoms with Crippen molar-refractivity contribution in [2.75, 3.05) is 0 Å². The van der Waals surface area contributed by atoms with Gasteiger partial charge in [0.25, 0.3) is 0 Å². The van der Waals surface area contributed by atoms with Gasteiger partial charge < -0.3 is 0 Å². The van der Waals surface area contributed by atoms with Crippen molar-refractivity contribution in [1.82, 2.24) is 0 Å². The number of fused-ring (bicyclic) bond motifs is 8. The molecule has 6 aliphatic rings. The summed E-state index contributed by atoms with van der Waals surface area (Å²) in [6.45, 7) is 0. The lowest BCUT2D eigenvalue weighted by atomic mass is 9.56. The predicted molar refractivity (Wildman–Crippen MR) is 138 cm³/mol. The van der Waals surface area contributed by atoms with Gasteiger partial charge in [-0.05, 0) is 47.3 Å². The quantitative estimate of drug-likeness (QED) is 0.380. The molecule has 160 valence electrons. The minimum Gasteiger partial charge on any atom is -0.0802 e. The number of rotatable bonds is 0. The molecular weight excluding hydrogens is 384 g/mol. The van der Waals surface area contributed by atoms with Crippen LogP contribution in [0.2, 0.25) is 0 Å². The molecule has 0 aromatic carbocycles. The molecule has 6 rings (SSSR count). The summed E-state index contributed by atoms with van der Waals surface area (Å²) in [5.41, 5.74) is 0. The molecule has 2 fully saturated rings. The van der Waals surface area contributed by atoms with Crippen LogP contribution in [0.1, 0.15) is 0 Å². The van der Waals surface area contributed by atoms with Gasteiger partial charge in [-0.25, -0.2) is 0 Å². The third-order valence-electron chi connectivity index (χ3n) is 7.56. The minimum absolute atomic E-state index is 0.679. The van der Waals surface area contributed by atoms with E-state index in [0.717, 1.165) is 0 Å². The van der Waals surface area contributed by atoms with E-state index in [-0.39, 0.29) is 0 Å². The second-order valence-corrected chi connectivity index (χ2v) is 9.24. The molecule has 0 unspecified atom stereocenters. The highest BCUT2D eigenvalue weighted by atomic mass is 14.5. The van der Waals surface area contributed by atoms with Gasteiger partial charge in [-0.1, -0.05) is 146 Å². The third-order valence-corrected chi connectivity index (χ3v) is 7.56. The van der Waals surface area contributed by atoms with E-state index in [1.807, 2.05) is 0 Å². The molecule has 0 aromatic rings. The Bertz CT molecular complexity index is 762. The molecule has 0 saturated heterocycles. The highest BCUT2D eigenvalue weighted by molar-refractivity contribution is 5.31. The number of hydrogen-bond donors (Lipinski definition) is 0. The molecular formula is C32H32. The fourth-order valence-corrected chi connectivity index (χ4v) is 5.87. The monoisotopic (exact) mass is 416 g/mol. The van der Waals surface area contributed by atoms with Gasteiger partial charge in [-0.2, -0.15) is 0 Å². The second kappa shape index (κ2) is 10.0. The summed E-state index contributed by atoms with van der Waals surface area (Å²) >= 11 is 0. The smallest absolute Gasteiger partial charge is 0.00925 e. The van der Waals surface area contributed by atoms with Gasteiger partial charge in [-0.3, -0.25) is 0 Å². The molecule has 6 aliphatic carbocycles. The largest absolute Gasteiger partial charge is 0.0802 e. The Hall–Kier alpha value is -3.12. The molecule has 0 aliphatic heterocycles. The summed E-state index contributed by atoms with van der Waals surface area (Å²) in [5.74, 6) is 5.43. The summed E-state index contributed by atoms with van der Waals surface area (Å²) in [6.07, 6.45) is 53.2. The molecule has 0 heterocycles. The Morgan fingerprint density at radius 2 is 0.281 bits per heavy atom. The van der Waals surface area contributed by atoms with Gasteiger partial charge in [0.15, 0.2) is 0 Å². The molecule has 2 saturated carbocycles. The molecule has 0 amide bonds. The van der Waals surface area contributed by atoms with Gasteiger partial charge in [0.2, 0.25) is 0 Å². The molecule has 0 radical (unpaired) electrons. The fourth-order valence-electron chi connectivity index (χ4n) is 5.87. The molecule has 0 aromatic heterocycles. The first kappa shape index (κ1) is 20.8. The first-order valence-electron chi connectivity index (χ1n) is 12.0. The minimum atomic E-state index is 0.679. The SMILES string of the molecule is C1=C\C=C/C2C(\C=C/1)C1\C=C/C=C\C=C/C21.C1=C\C=C/C2C(\C=C/1)C1\C=C/C=C\C=C/C21. The number of hydrogen-bond acceptors (Lipinski definition) is 0. The van der Waals surface area contributed by atoms with Crippen LogP contribution in [-0.4, -0.2) is 0 Å².